The third-order valence-corrected chi connectivity index (χ3v) is 2.90. The predicted molar refractivity (Wildman–Crippen MR) is 73.0 cm³/mol. The monoisotopic (exact) mass is 278 g/mol. The van der Waals surface area contributed by atoms with E-state index in [1.54, 1.807) is 24.7 Å². The Bertz CT molecular complexity index is 510. The fourth-order valence-corrected chi connectivity index (χ4v) is 1.76. The molecule has 0 radical (unpaired) electrons. The van der Waals surface area contributed by atoms with Gasteiger partial charge in [0.15, 0.2) is 0 Å². The molecule has 5 nitrogen and oxygen atoms in total. The van der Waals surface area contributed by atoms with E-state index in [1.165, 1.54) is 6.20 Å². The second-order valence-electron chi connectivity index (χ2n) is 4.13. The average Bonchev–Trinajstić information content (AvgIpc) is 2.92. The summed E-state index contributed by atoms with van der Waals surface area (Å²) in [6.45, 7) is 1.56. The van der Waals surface area contributed by atoms with Gasteiger partial charge < -0.3 is 9.88 Å². The van der Waals surface area contributed by atoms with Crippen molar-refractivity contribution in [3.63, 3.8) is 0 Å². The largest absolute Gasteiger partial charge is 0.352 e. The number of hydrogen-bond acceptors (Lipinski definition) is 3. The first-order valence-electron chi connectivity index (χ1n) is 6.11. The number of unbranched alkanes of at least 4 members (excludes halogenated alkanes) is 1. The number of pyridine rings is 1. The number of rotatable bonds is 6. The van der Waals surface area contributed by atoms with Crippen LogP contribution in [0.25, 0.3) is 0 Å². The van der Waals surface area contributed by atoms with Crippen LogP contribution in [-0.2, 0) is 6.54 Å². The summed E-state index contributed by atoms with van der Waals surface area (Å²) in [5.41, 5.74) is 0.527. The smallest absolute Gasteiger partial charge is 0.252 e. The molecular weight excluding hydrogens is 264 g/mol. The van der Waals surface area contributed by atoms with Crippen molar-refractivity contribution in [2.24, 2.45) is 0 Å². The molecule has 1 amide bonds. The van der Waals surface area contributed by atoms with Crippen LogP contribution in [0.3, 0.4) is 0 Å². The molecule has 0 fully saturated rings. The normalized spacial score (nSPS) is 10.4. The second-order valence-corrected chi connectivity index (χ2v) is 4.52. The molecule has 19 heavy (non-hydrogen) atoms. The van der Waals surface area contributed by atoms with Gasteiger partial charge in [-0.3, -0.25) is 4.79 Å². The first-order chi connectivity index (χ1) is 9.25. The molecule has 0 saturated carbocycles. The number of aryl methyl sites for hydroxylation is 1. The van der Waals surface area contributed by atoms with Crippen molar-refractivity contribution < 1.29 is 4.79 Å². The summed E-state index contributed by atoms with van der Waals surface area (Å²) in [4.78, 5) is 19.6. The van der Waals surface area contributed by atoms with Crippen LogP contribution in [0.15, 0.2) is 37.1 Å². The van der Waals surface area contributed by atoms with Gasteiger partial charge in [-0.1, -0.05) is 11.6 Å². The molecule has 0 aliphatic rings. The minimum Gasteiger partial charge on any atom is -0.352 e. The van der Waals surface area contributed by atoms with Gasteiger partial charge in [0.05, 0.1) is 11.9 Å². The number of nitrogens with one attached hydrogen (secondary N) is 1. The highest BCUT2D eigenvalue weighted by Crippen LogP contribution is 2.05. The molecule has 0 saturated heterocycles. The van der Waals surface area contributed by atoms with E-state index in [9.17, 15) is 4.79 Å². The number of imidazole rings is 1. The summed E-state index contributed by atoms with van der Waals surface area (Å²) >= 11 is 5.66. The van der Waals surface area contributed by atoms with E-state index < -0.39 is 0 Å². The lowest BCUT2D eigenvalue weighted by atomic mass is 10.2. The van der Waals surface area contributed by atoms with Gasteiger partial charge in [0, 0.05) is 31.7 Å². The topological polar surface area (TPSA) is 59.8 Å². The van der Waals surface area contributed by atoms with Crippen LogP contribution in [0, 0.1) is 0 Å². The highest BCUT2D eigenvalue weighted by atomic mass is 35.5. The number of carbonyl (C=O) groups excluding carboxylic acids is 1. The summed E-state index contributed by atoms with van der Waals surface area (Å²) in [7, 11) is 0. The van der Waals surface area contributed by atoms with Crippen LogP contribution in [0.4, 0.5) is 0 Å². The third kappa shape index (κ3) is 4.37. The molecule has 2 aromatic rings. The minimum absolute atomic E-state index is 0.119. The molecule has 0 aliphatic heterocycles. The molecule has 0 atom stereocenters. The average molecular weight is 279 g/mol. The first kappa shape index (κ1) is 13.5. The third-order valence-electron chi connectivity index (χ3n) is 2.68. The van der Waals surface area contributed by atoms with E-state index in [-0.39, 0.29) is 5.91 Å². The summed E-state index contributed by atoms with van der Waals surface area (Å²) in [5, 5.41) is 3.24. The number of halogens is 1. The molecule has 2 heterocycles. The van der Waals surface area contributed by atoms with Crippen LogP contribution in [0.5, 0.6) is 0 Å². The highest BCUT2D eigenvalue weighted by molar-refractivity contribution is 6.29. The Morgan fingerprint density at radius 1 is 1.37 bits per heavy atom. The molecule has 0 unspecified atom stereocenters. The summed E-state index contributed by atoms with van der Waals surface area (Å²) < 4.78 is 2.02. The molecule has 0 bridgehead atoms. The molecule has 0 aromatic carbocycles. The molecule has 0 spiro atoms. The maximum atomic E-state index is 11.7. The van der Waals surface area contributed by atoms with Gasteiger partial charge in [0.25, 0.3) is 5.91 Å². The zero-order valence-corrected chi connectivity index (χ0v) is 11.2. The van der Waals surface area contributed by atoms with Crippen molar-refractivity contribution >= 4 is 17.5 Å². The number of nitrogens with zero attached hydrogens (tertiary/aromatic N) is 3. The standard InChI is InChI=1S/C13H15ClN4O/c14-12-4-3-11(9-17-12)13(19)16-5-1-2-7-18-8-6-15-10-18/h3-4,6,8-10H,1-2,5,7H2,(H,16,19). The Morgan fingerprint density at radius 3 is 2.95 bits per heavy atom. The lowest BCUT2D eigenvalue weighted by Gasteiger charge is -2.05. The molecule has 2 aromatic heterocycles. The van der Waals surface area contributed by atoms with E-state index >= 15 is 0 Å². The van der Waals surface area contributed by atoms with Crippen LogP contribution in [0.2, 0.25) is 5.15 Å². The number of hydrogen-bond donors (Lipinski definition) is 1. The summed E-state index contributed by atoms with van der Waals surface area (Å²) in [5.74, 6) is -0.119. The number of amides is 1. The van der Waals surface area contributed by atoms with E-state index in [0.717, 1.165) is 19.4 Å². The molecule has 0 aliphatic carbocycles. The van der Waals surface area contributed by atoms with Gasteiger partial charge in [-0.15, -0.1) is 0 Å². The van der Waals surface area contributed by atoms with Gasteiger partial charge in [-0.25, -0.2) is 9.97 Å². The van der Waals surface area contributed by atoms with Crippen molar-refractivity contribution in [2.75, 3.05) is 6.54 Å². The van der Waals surface area contributed by atoms with Crippen molar-refractivity contribution in [3.8, 4) is 0 Å². The van der Waals surface area contributed by atoms with Gasteiger partial charge in [0.2, 0.25) is 0 Å². The van der Waals surface area contributed by atoms with Crippen molar-refractivity contribution in [2.45, 2.75) is 19.4 Å². The Kier molecular flexibility index (Phi) is 4.92. The van der Waals surface area contributed by atoms with Gasteiger partial charge in [0.1, 0.15) is 5.15 Å². The lowest BCUT2D eigenvalue weighted by Crippen LogP contribution is -2.24. The van der Waals surface area contributed by atoms with E-state index in [0.29, 0.717) is 17.3 Å². The fraction of sp³-hybridized carbons (Fsp3) is 0.308. The minimum atomic E-state index is -0.119. The molecule has 1 N–H and O–H groups in total. The van der Waals surface area contributed by atoms with E-state index in [1.807, 2.05) is 10.8 Å². The summed E-state index contributed by atoms with van der Waals surface area (Å²) in [6.07, 6.45) is 8.87. The highest BCUT2D eigenvalue weighted by Gasteiger charge is 2.04. The Hall–Kier alpha value is -1.88. The van der Waals surface area contributed by atoms with Crippen LogP contribution >= 0.6 is 11.6 Å². The van der Waals surface area contributed by atoms with Crippen molar-refractivity contribution in [1.29, 1.82) is 0 Å². The fourth-order valence-electron chi connectivity index (χ4n) is 1.65. The van der Waals surface area contributed by atoms with Crippen molar-refractivity contribution in [1.82, 2.24) is 19.9 Å². The Morgan fingerprint density at radius 2 is 2.26 bits per heavy atom. The Balaban J connectivity index is 1.65. The predicted octanol–water partition coefficient (Wildman–Crippen LogP) is 2.14. The summed E-state index contributed by atoms with van der Waals surface area (Å²) in [6, 6.07) is 3.27. The van der Waals surface area contributed by atoms with Crippen LogP contribution < -0.4 is 5.32 Å². The van der Waals surface area contributed by atoms with E-state index in [2.05, 4.69) is 15.3 Å². The zero-order valence-electron chi connectivity index (χ0n) is 10.4. The lowest BCUT2D eigenvalue weighted by molar-refractivity contribution is 0.0952. The van der Waals surface area contributed by atoms with Gasteiger partial charge in [-0.2, -0.15) is 0 Å². The quantitative estimate of drug-likeness (QED) is 0.650. The first-order valence-corrected chi connectivity index (χ1v) is 6.49. The maximum absolute atomic E-state index is 11.7. The maximum Gasteiger partial charge on any atom is 0.252 e. The molecule has 100 valence electrons. The molecule has 6 heteroatoms. The van der Waals surface area contributed by atoms with Crippen LogP contribution in [0.1, 0.15) is 23.2 Å². The SMILES string of the molecule is O=C(NCCCCn1ccnc1)c1ccc(Cl)nc1. The molecule has 2 rings (SSSR count). The Labute approximate surface area is 116 Å². The second kappa shape index (κ2) is 6.89. The van der Waals surface area contributed by atoms with Gasteiger partial charge >= 0.3 is 0 Å². The van der Waals surface area contributed by atoms with Gasteiger partial charge in [-0.05, 0) is 25.0 Å². The van der Waals surface area contributed by atoms with Crippen LogP contribution in [-0.4, -0.2) is 27.0 Å². The number of carbonyl (C=O) groups is 1. The zero-order chi connectivity index (χ0) is 13.5. The van der Waals surface area contributed by atoms with Crippen molar-refractivity contribution in [3.05, 3.63) is 47.8 Å². The molecular formula is C13H15ClN4O. The number of aromatic nitrogens is 3. The van der Waals surface area contributed by atoms with E-state index in [4.69, 9.17) is 11.6 Å².